The smallest absolute Gasteiger partial charge is 0.215 e. The van der Waals surface area contributed by atoms with Crippen LogP contribution in [0, 0.1) is 0 Å². The summed E-state index contributed by atoms with van der Waals surface area (Å²) < 4.78 is 2.35. The molecule has 1 heterocycles. The van der Waals surface area contributed by atoms with Gasteiger partial charge in [0.2, 0.25) is 11.0 Å². The number of benzene rings is 3. The lowest BCUT2D eigenvalue weighted by molar-refractivity contribution is -0.641. The SMILES string of the molecule is CCN(CC)c1cc(Cl)c(-c2c3cc(Cl)c(N(CC)CC)cc3[n+](CC)c3cc(N(CC)CC)c(Cl)cc23)c(Cl)c1. The van der Waals surface area contributed by atoms with Gasteiger partial charge in [0, 0.05) is 68.2 Å². The van der Waals surface area contributed by atoms with Gasteiger partial charge in [-0.2, -0.15) is 4.57 Å². The molecule has 0 radical (unpaired) electrons. The summed E-state index contributed by atoms with van der Waals surface area (Å²) in [5.74, 6) is 0. The number of halogens is 4. The van der Waals surface area contributed by atoms with Gasteiger partial charge in [-0.1, -0.05) is 46.4 Å². The zero-order chi connectivity index (χ0) is 30.0. The van der Waals surface area contributed by atoms with E-state index in [-0.39, 0.29) is 0 Å². The Morgan fingerprint density at radius 2 is 0.878 bits per heavy atom. The molecule has 220 valence electrons. The number of fused-ring (bicyclic) bond motifs is 2. The Labute approximate surface area is 265 Å². The number of nitrogens with zero attached hydrogens (tertiary/aromatic N) is 4. The van der Waals surface area contributed by atoms with Crippen LogP contribution in [-0.4, -0.2) is 39.3 Å². The molecule has 0 aliphatic heterocycles. The van der Waals surface area contributed by atoms with E-state index in [4.69, 9.17) is 46.4 Å². The molecule has 0 fully saturated rings. The number of hydrogen-bond acceptors (Lipinski definition) is 3. The lowest BCUT2D eigenvalue weighted by atomic mass is 9.94. The molecule has 0 amide bonds. The predicted octanol–water partition coefficient (Wildman–Crippen LogP) is 10.1. The molecule has 0 N–H and O–H groups in total. The van der Waals surface area contributed by atoms with E-state index < -0.39 is 0 Å². The fraction of sp³-hybridized carbons (Fsp3) is 0.424. The number of aromatic nitrogens is 1. The Kier molecular flexibility index (Phi) is 10.4. The summed E-state index contributed by atoms with van der Waals surface area (Å²) in [5.41, 5.74) is 6.93. The molecule has 3 aromatic carbocycles. The predicted molar refractivity (Wildman–Crippen MR) is 183 cm³/mol. The van der Waals surface area contributed by atoms with Crippen LogP contribution in [0.4, 0.5) is 17.1 Å². The van der Waals surface area contributed by atoms with Crippen LogP contribution in [0.2, 0.25) is 20.1 Å². The van der Waals surface area contributed by atoms with Gasteiger partial charge in [-0.05, 0) is 72.7 Å². The van der Waals surface area contributed by atoms with Crippen molar-refractivity contribution in [2.45, 2.75) is 55.0 Å². The number of aryl methyl sites for hydroxylation is 1. The lowest BCUT2D eigenvalue weighted by Gasteiger charge is -2.25. The molecule has 0 bridgehead atoms. The van der Waals surface area contributed by atoms with Crippen LogP contribution in [0.15, 0.2) is 36.4 Å². The van der Waals surface area contributed by atoms with E-state index in [2.05, 4.69) is 92.0 Å². The number of hydrogen-bond donors (Lipinski definition) is 0. The molecule has 4 aromatic rings. The maximum Gasteiger partial charge on any atom is 0.215 e. The Hall–Kier alpha value is -2.11. The van der Waals surface area contributed by atoms with Crippen molar-refractivity contribution in [1.29, 1.82) is 0 Å². The third-order valence-electron chi connectivity index (χ3n) is 8.18. The zero-order valence-electron chi connectivity index (χ0n) is 25.2. The molecule has 0 unspecified atom stereocenters. The van der Waals surface area contributed by atoms with Gasteiger partial charge in [-0.25, -0.2) is 0 Å². The lowest BCUT2D eigenvalue weighted by Crippen LogP contribution is -2.35. The van der Waals surface area contributed by atoms with Gasteiger partial charge in [0.05, 0.1) is 42.2 Å². The number of rotatable bonds is 11. The van der Waals surface area contributed by atoms with Crippen LogP contribution < -0.4 is 19.3 Å². The van der Waals surface area contributed by atoms with Crippen LogP contribution in [0.1, 0.15) is 48.5 Å². The molecule has 8 heteroatoms. The van der Waals surface area contributed by atoms with Crippen molar-refractivity contribution in [1.82, 2.24) is 0 Å². The first-order chi connectivity index (χ1) is 19.7. The summed E-state index contributed by atoms with van der Waals surface area (Å²) in [6.07, 6.45) is 0. The average molecular weight is 636 g/mol. The minimum absolute atomic E-state index is 0.601. The molecule has 1 aromatic heterocycles. The highest BCUT2D eigenvalue weighted by molar-refractivity contribution is 6.41. The molecule has 0 aliphatic rings. The van der Waals surface area contributed by atoms with Gasteiger partial charge >= 0.3 is 0 Å². The van der Waals surface area contributed by atoms with E-state index in [1.807, 2.05) is 12.1 Å². The minimum atomic E-state index is 0.601. The first-order valence-corrected chi connectivity index (χ1v) is 16.3. The molecule has 0 aliphatic carbocycles. The molecular weight excluding hydrogens is 594 g/mol. The zero-order valence-corrected chi connectivity index (χ0v) is 28.2. The van der Waals surface area contributed by atoms with Gasteiger partial charge in [0.15, 0.2) is 0 Å². The van der Waals surface area contributed by atoms with E-state index in [9.17, 15) is 0 Å². The van der Waals surface area contributed by atoms with Crippen LogP contribution in [0.5, 0.6) is 0 Å². The number of anilines is 3. The third-order valence-corrected chi connectivity index (χ3v) is 9.38. The molecule has 0 saturated heterocycles. The van der Waals surface area contributed by atoms with Crippen LogP contribution in [-0.2, 0) is 6.54 Å². The summed E-state index contributed by atoms with van der Waals surface area (Å²) in [5, 5.41) is 4.58. The fourth-order valence-corrected chi connectivity index (χ4v) is 7.25. The highest BCUT2D eigenvalue weighted by Crippen LogP contribution is 2.47. The molecule has 0 atom stereocenters. The van der Waals surface area contributed by atoms with Crippen LogP contribution >= 0.6 is 46.4 Å². The number of pyridine rings is 1. The molecule has 41 heavy (non-hydrogen) atoms. The van der Waals surface area contributed by atoms with Gasteiger partial charge in [0.25, 0.3) is 0 Å². The van der Waals surface area contributed by atoms with Crippen molar-refractivity contribution in [2.24, 2.45) is 0 Å². The maximum atomic E-state index is 7.13. The van der Waals surface area contributed by atoms with E-state index in [0.717, 1.165) is 95.8 Å². The summed E-state index contributed by atoms with van der Waals surface area (Å²) in [4.78, 5) is 6.82. The monoisotopic (exact) mass is 633 g/mol. The van der Waals surface area contributed by atoms with Crippen LogP contribution in [0.3, 0.4) is 0 Å². The summed E-state index contributed by atoms with van der Waals surface area (Å²) in [6.45, 7) is 21.0. The van der Waals surface area contributed by atoms with Gasteiger partial charge in [0.1, 0.15) is 6.54 Å². The normalized spacial score (nSPS) is 11.5. The Morgan fingerprint density at radius 3 is 1.22 bits per heavy atom. The minimum Gasteiger partial charge on any atom is -0.372 e. The molecule has 4 rings (SSSR count). The van der Waals surface area contributed by atoms with Gasteiger partial charge in [-0.15, -0.1) is 0 Å². The molecular formula is C33H41Cl4N4+. The first-order valence-electron chi connectivity index (χ1n) is 14.8. The van der Waals surface area contributed by atoms with E-state index in [1.165, 1.54) is 0 Å². The van der Waals surface area contributed by atoms with E-state index in [1.54, 1.807) is 0 Å². The van der Waals surface area contributed by atoms with Gasteiger partial charge in [-0.3, -0.25) is 0 Å². The van der Waals surface area contributed by atoms with Crippen molar-refractivity contribution in [3.05, 3.63) is 56.5 Å². The molecule has 0 spiro atoms. The third kappa shape index (κ3) is 5.78. The standard InChI is InChI=1S/C33H41Cl4N4/c1-8-38(9-2)21-15-26(36)33(27(37)16-21)32-22-17-24(34)30(39(10-3)11-4)19-28(22)41(14-7)29-20-31(40(12-5)13-6)25(35)18-23(29)32/h15-20H,8-14H2,1-7H3/q+1. The Balaban J connectivity index is 2.23. The second-order valence-corrected chi connectivity index (χ2v) is 11.7. The summed E-state index contributed by atoms with van der Waals surface area (Å²) in [7, 11) is 0. The van der Waals surface area contributed by atoms with Crippen molar-refractivity contribution >= 4 is 85.3 Å². The van der Waals surface area contributed by atoms with Gasteiger partial charge < -0.3 is 14.7 Å². The molecule has 4 nitrogen and oxygen atoms in total. The van der Waals surface area contributed by atoms with E-state index in [0.29, 0.717) is 20.1 Å². The summed E-state index contributed by atoms with van der Waals surface area (Å²) in [6, 6.07) is 12.6. The van der Waals surface area contributed by atoms with E-state index >= 15 is 0 Å². The summed E-state index contributed by atoms with van der Waals surface area (Å²) >= 11 is 28.3. The van der Waals surface area contributed by atoms with Crippen molar-refractivity contribution in [3.63, 3.8) is 0 Å². The average Bonchev–Trinajstić information content (AvgIpc) is 2.95. The van der Waals surface area contributed by atoms with Crippen LogP contribution in [0.25, 0.3) is 32.9 Å². The second kappa shape index (κ2) is 13.5. The van der Waals surface area contributed by atoms with Crippen molar-refractivity contribution in [3.8, 4) is 11.1 Å². The van der Waals surface area contributed by atoms with Crippen molar-refractivity contribution in [2.75, 3.05) is 54.0 Å². The molecule has 0 saturated carbocycles. The maximum absolute atomic E-state index is 7.13. The Morgan fingerprint density at radius 1 is 0.488 bits per heavy atom. The second-order valence-electron chi connectivity index (χ2n) is 10.1. The quantitative estimate of drug-likeness (QED) is 0.120. The first kappa shape index (κ1) is 31.8. The topological polar surface area (TPSA) is 13.6 Å². The highest BCUT2D eigenvalue weighted by Gasteiger charge is 2.28. The largest absolute Gasteiger partial charge is 0.372 e. The highest BCUT2D eigenvalue weighted by atomic mass is 35.5. The van der Waals surface area contributed by atoms with Crippen molar-refractivity contribution < 1.29 is 4.57 Å². The fourth-order valence-electron chi connectivity index (χ4n) is 6.02. The Bertz CT molecular complexity index is 1460.